The minimum atomic E-state index is -0.276. The number of H-pyrrole nitrogens is 1. The van der Waals surface area contributed by atoms with Crippen LogP contribution in [-0.4, -0.2) is 43.2 Å². The Morgan fingerprint density at radius 1 is 1.26 bits per heavy atom. The van der Waals surface area contributed by atoms with Gasteiger partial charge in [0.25, 0.3) is 5.56 Å². The summed E-state index contributed by atoms with van der Waals surface area (Å²) in [5.41, 5.74) is 2.54. The molecule has 1 saturated heterocycles. The van der Waals surface area contributed by atoms with Crippen LogP contribution in [0.4, 0.5) is 0 Å². The number of rotatable bonds is 6. The molecule has 1 fully saturated rings. The van der Waals surface area contributed by atoms with Crippen LogP contribution in [0.2, 0.25) is 0 Å². The van der Waals surface area contributed by atoms with E-state index >= 15 is 0 Å². The number of aryl methyl sites for hydroxylation is 1. The zero-order valence-corrected chi connectivity index (χ0v) is 19.4. The van der Waals surface area contributed by atoms with Crippen molar-refractivity contribution in [3.63, 3.8) is 0 Å². The Hall–Kier alpha value is -2.54. The van der Waals surface area contributed by atoms with Crippen molar-refractivity contribution in [2.24, 2.45) is 5.92 Å². The third kappa shape index (κ3) is 4.15. The average Bonchev–Trinajstić information content (AvgIpc) is 3.24. The molecule has 1 aliphatic heterocycles. The molecule has 3 heterocycles. The predicted molar refractivity (Wildman–Crippen MR) is 123 cm³/mol. The normalized spacial score (nSPS) is 19.1. The second-order valence-electron chi connectivity index (χ2n) is 9.59. The number of aromatic amines is 1. The lowest BCUT2D eigenvalue weighted by atomic mass is 9.94. The van der Waals surface area contributed by atoms with Crippen LogP contribution in [0.5, 0.6) is 0 Å². The van der Waals surface area contributed by atoms with Gasteiger partial charge in [0, 0.05) is 17.6 Å². The van der Waals surface area contributed by atoms with E-state index in [9.17, 15) is 4.79 Å². The van der Waals surface area contributed by atoms with Gasteiger partial charge in [-0.25, -0.2) is 4.68 Å². The molecule has 7 heteroatoms. The highest BCUT2D eigenvalue weighted by Crippen LogP contribution is 2.33. The zero-order valence-electron chi connectivity index (χ0n) is 19.4. The molecular formula is C24H34N6O. The van der Waals surface area contributed by atoms with Crippen LogP contribution in [-0.2, 0) is 12.0 Å². The standard InChI is InChI=1S/C24H34N6O/c1-6-17-10-11-20-18(13-17)14-19(23(31)25-20)21(29-12-8-9-16(3)15-29)22-26-27-28-30(22)24(4,5)7-2/h10-11,13-14,16,21H,6-9,12,15H2,1-5H3,(H,25,31). The number of likely N-dealkylation sites (tertiary alicyclic amines) is 1. The van der Waals surface area contributed by atoms with Crippen LogP contribution in [0.1, 0.15) is 76.9 Å². The SMILES string of the molecule is CCc1ccc2[nH]c(=O)c(C(c3nnnn3C(C)(C)CC)N3CCCC(C)C3)cc2c1. The van der Waals surface area contributed by atoms with Gasteiger partial charge >= 0.3 is 0 Å². The van der Waals surface area contributed by atoms with Gasteiger partial charge in [-0.15, -0.1) is 5.10 Å². The predicted octanol–water partition coefficient (Wildman–Crippen LogP) is 4.04. The summed E-state index contributed by atoms with van der Waals surface area (Å²) in [6, 6.07) is 8.02. The van der Waals surface area contributed by atoms with E-state index in [-0.39, 0.29) is 17.1 Å². The molecule has 2 atom stereocenters. The van der Waals surface area contributed by atoms with Crippen molar-refractivity contribution in [3.05, 3.63) is 51.6 Å². The monoisotopic (exact) mass is 422 g/mol. The number of hydrogen-bond donors (Lipinski definition) is 1. The Labute approximate surface area is 183 Å². The van der Waals surface area contributed by atoms with Crippen LogP contribution in [0.3, 0.4) is 0 Å². The van der Waals surface area contributed by atoms with Crippen LogP contribution in [0, 0.1) is 5.92 Å². The molecule has 1 aliphatic rings. The summed E-state index contributed by atoms with van der Waals surface area (Å²) in [7, 11) is 0. The summed E-state index contributed by atoms with van der Waals surface area (Å²) in [6.45, 7) is 12.7. The first-order valence-electron chi connectivity index (χ1n) is 11.5. The van der Waals surface area contributed by atoms with Gasteiger partial charge in [0.2, 0.25) is 0 Å². The summed E-state index contributed by atoms with van der Waals surface area (Å²) < 4.78 is 1.92. The van der Waals surface area contributed by atoms with Crippen molar-refractivity contribution >= 4 is 10.9 Å². The minimum Gasteiger partial charge on any atom is -0.322 e. The summed E-state index contributed by atoms with van der Waals surface area (Å²) in [6.07, 6.45) is 4.17. The molecule has 0 radical (unpaired) electrons. The van der Waals surface area contributed by atoms with E-state index in [4.69, 9.17) is 0 Å². The Balaban J connectivity index is 1.91. The third-order valence-electron chi connectivity index (χ3n) is 6.87. The molecule has 31 heavy (non-hydrogen) atoms. The van der Waals surface area contributed by atoms with Crippen LogP contribution in [0.15, 0.2) is 29.1 Å². The summed E-state index contributed by atoms with van der Waals surface area (Å²) in [5.74, 6) is 1.32. The number of hydrogen-bond acceptors (Lipinski definition) is 5. The third-order valence-corrected chi connectivity index (χ3v) is 6.87. The van der Waals surface area contributed by atoms with Gasteiger partial charge < -0.3 is 4.98 Å². The van der Waals surface area contributed by atoms with Gasteiger partial charge in [0.1, 0.15) is 6.04 Å². The van der Waals surface area contributed by atoms with Crippen molar-refractivity contribution in [1.82, 2.24) is 30.1 Å². The maximum atomic E-state index is 13.3. The molecule has 2 aromatic heterocycles. The fraction of sp³-hybridized carbons (Fsp3) is 0.583. The average molecular weight is 423 g/mol. The van der Waals surface area contributed by atoms with E-state index in [0.717, 1.165) is 54.6 Å². The van der Waals surface area contributed by atoms with Crippen molar-refractivity contribution in [1.29, 1.82) is 0 Å². The van der Waals surface area contributed by atoms with Crippen LogP contribution in [0.25, 0.3) is 10.9 Å². The molecule has 0 aliphatic carbocycles. The van der Waals surface area contributed by atoms with E-state index in [2.05, 4.69) is 78.2 Å². The number of nitrogens with zero attached hydrogens (tertiary/aromatic N) is 5. The van der Waals surface area contributed by atoms with Crippen LogP contribution >= 0.6 is 0 Å². The highest BCUT2D eigenvalue weighted by Gasteiger charge is 2.35. The molecule has 7 nitrogen and oxygen atoms in total. The van der Waals surface area contributed by atoms with E-state index in [1.807, 2.05) is 10.7 Å². The summed E-state index contributed by atoms with van der Waals surface area (Å²) in [5, 5.41) is 13.9. The van der Waals surface area contributed by atoms with E-state index in [1.54, 1.807) is 0 Å². The first-order chi connectivity index (χ1) is 14.8. The fourth-order valence-electron chi connectivity index (χ4n) is 4.60. The Bertz CT molecular complexity index is 1110. The highest BCUT2D eigenvalue weighted by atomic mass is 16.1. The molecule has 0 amide bonds. The van der Waals surface area contributed by atoms with E-state index < -0.39 is 0 Å². The topological polar surface area (TPSA) is 79.7 Å². The zero-order chi connectivity index (χ0) is 22.2. The van der Waals surface area contributed by atoms with Crippen LogP contribution < -0.4 is 5.56 Å². The summed E-state index contributed by atoms with van der Waals surface area (Å²) >= 11 is 0. The van der Waals surface area contributed by atoms with Gasteiger partial charge in [-0.2, -0.15) is 0 Å². The second-order valence-corrected chi connectivity index (χ2v) is 9.59. The largest absolute Gasteiger partial charge is 0.322 e. The number of benzene rings is 1. The van der Waals surface area contributed by atoms with Gasteiger partial charge in [-0.05, 0) is 91.6 Å². The molecule has 0 spiro atoms. The lowest BCUT2D eigenvalue weighted by Gasteiger charge is -2.37. The number of pyridine rings is 1. The molecule has 0 bridgehead atoms. The smallest absolute Gasteiger partial charge is 0.253 e. The molecule has 1 N–H and O–H groups in total. The Kier molecular flexibility index (Phi) is 5.97. The number of nitrogens with one attached hydrogen (secondary N) is 1. The van der Waals surface area contributed by atoms with Crippen molar-refractivity contribution in [3.8, 4) is 0 Å². The highest BCUT2D eigenvalue weighted by molar-refractivity contribution is 5.80. The maximum absolute atomic E-state index is 13.3. The van der Waals surface area contributed by atoms with Crippen molar-refractivity contribution < 1.29 is 0 Å². The van der Waals surface area contributed by atoms with Gasteiger partial charge in [0.15, 0.2) is 5.82 Å². The number of tetrazole rings is 1. The Morgan fingerprint density at radius 3 is 2.77 bits per heavy atom. The van der Waals surface area contributed by atoms with Crippen molar-refractivity contribution in [2.45, 2.75) is 71.9 Å². The first-order valence-corrected chi connectivity index (χ1v) is 11.5. The van der Waals surface area contributed by atoms with E-state index in [0.29, 0.717) is 5.92 Å². The number of aromatic nitrogens is 5. The number of piperidine rings is 1. The van der Waals surface area contributed by atoms with Gasteiger partial charge in [-0.3, -0.25) is 9.69 Å². The first kappa shape index (κ1) is 21.7. The molecule has 1 aromatic carbocycles. The van der Waals surface area contributed by atoms with Crippen molar-refractivity contribution in [2.75, 3.05) is 13.1 Å². The summed E-state index contributed by atoms with van der Waals surface area (Å²) in [4.78, 5) is 18.8. The number of fused-ring (bicyclic) bond motifs is 1. The Morgan fingerprint density at radius 2 is 2.06 bits per heavy atom. The molecule has 0 saturated carbocycles. The second kappa shape index (κ2) is 8.54. The molecule has 3 aromatic rings. The van der Waals surface area contributed by atoms with Gasteiger partial charge in [0.05, 0.1) is 5.54 Å². The lowest BCUT2D eigenvalue weighted by molar-refractivity contribution is 0.135. The molecular weight excluding hydrogens is 388 g/mol. The fourth-order valence-corrected chi connectivity index (χ4v) is 4.60. The molecule has 166 valence electrons. The molecule has 2 unspecified atom stereocenters. The molecule has 4 rings (SSSR count). The maximum Gasteiger partial charge on any atom is 0.253 e. The van der Waals surface area contributed by atoms with E-state index in [1.165, 1.54) is 12.0 Å². The lowest BCUT2D eigenvalue weighted by Crippen LogP contribution is -2.42. The quantitative estimate of drug-likeness (QED) is 0.648. The minimum absolute atomic E-state index is 0.0659. The van der Waals surface area contributed by atoms with Gasteiger partial charge in [-0.1, -0.05) is 26.8 Å².